The highest BCUT2D eigenvalue weighted by atomic mass is 19.4. The molecule has 2 amide bonds. The second kappa shape index (κ2) is 10.5. The van der Waals surface area contributed by atoms with E-state index >= 15 is 0 Å². The van der Waals surface area contributed by atoms with Gasteiger partial charge in [0.15, 0.2) is 5.82 Å². The lowest BCUT2D eigenvalue weighted by Gasteiger charge is -2.38. The zero-order valence-corrected chi connectivity index (χ0v) is 21.5. The number of nitrogens with one attached hydrogen (secondary N) is 2. The van der Waals surface area contributed by atoms with E-state index < -0.39 is 41.3 Å². The number of para-hydroxylation sites is 1. The molecule has 11 heteroatoms. The first kappa shape index (κ1) is 26.9. The van der Waals surface area contributed by atoms with E-state index in [1.165, 1.54) is 35.2 Å². The van der Waals surface area contributed by atoms with Crippen molar-refractivity contribution in [1.29, 1.82) is 0 Å². The molecule has 1 aromatic heterocycles. The van der Waals surface area contributed by atoms with Crippen molar-refractivity contribution in [1.82, 2.24) is 15.1 Å². The van der Waals surface area contributed by atoms with Crippen LogP contribution in [0.25, 0.3) is 5.69 Å². The van der Waals surface area contributed by atoms with Crippen LogP contribution in [0.5, 0.6) is 0 Å². The fourth-order valence-corrected chi connectivity index (χ4v) is 5.02. The maximum atomic E-state index is 14.0. The molecule has 3 aromatic carbocycles. The predicted molar refractivity (Wildman–Crippen MR) is 142 cm³/mol. The summed E-state index contributed by atoms with van der Waals surface area (Å²) in [4.78, 5) is 28.8. The SMILES string of the molecule is CCN1C(=O)[C@@H](NC(=O)c2cccc(C(F)(F)F)c2)[C@@H](c2ccc(F)cc2)c2c(NC)nn(-c3ccccc3)c21. The molecule has 7 nitrogen and oxygen atoms in total. The van der Waals surface area contributed by atoms with Gasteiger partial charge in [0.2, 0.25) is 0 Å². The molecule has 2 N–H and O–H groups in total. The second-order valence-corrected chi connectivity index (χ2v) is 9.22. The first-order chi connectivity index (χ1) is 19.1. The van der Waals surface area contributed by atoms with Crippen molar-refractivity contribution in [3.05, 3.63) is 107 Å². The number of amides is 2. The van der Waals surface area contributed by atoms with Gasteiger partial charge in [-0.2, -0.15) is 13.2 Å². The molecule has 0 fully saturated rings. The Balaban J connectivity index is 1.67. The minimum atomic E-state index is -4.64. The molecule has 0 bridgehead atoms. The Hall–Kier alpha value is -4.67. The topological polar surface area (TPSA) is 79.3 Å². The molecule has 2 atom stereocenters. The van der Waals surface area contributed by atoms with Crippen LogP contribution < -0.4 is 15.5 Å². The van der Waals surface area contributed by atoms with Crippen LogP contribution in [-0.2, 0) is 11.0 Å². The monoisotopic (exact) mass is 551 g/mol. The smallest absolute Gasteiger partial charge is 0.371 e. The highest BCUT2D eigenvalue weighted by Gasteiger charge is 2.46. The lowest BCUT2D eigenvalue weighted by molar-refractivity contribution is -0.137. The summed E-state index contributed by atoms with van der Waals surface area (Å²) in [6.45, 7) is 1.99. The maximum absolute atomic E-state index is 14.0. The van der Waals surface area contributed by atoms with Gasteiger partial charge < -0.3 is 10.6 Å². The molecule has 2 heterocycles. The van der Waals surface area contributed by atoms with Crippen molar-refractivity contribution >= 4 is 23.5 Å². The summed E-state index contributed by atoms with van der Waals surface area (Å²) < 4.78 is 55.5. The van der Waals surface area contributed by atoms with Crippen LogP contribution in [0.4, 0.5) is 29.2 Å². The highest BCUT2D eigenvalue weighted by molar-refractivity contribution is 6.06. The van der Waals surface area contributed by atoms with Gasteiger partial charge in [-0.15, -0.1) is 5.10 Å². The van der Waals surface area contributed by atoms with E-state index in [0.717, 1.165) is 18.2 Å². The minimum Gasteiger partial charge on any atom is -0.371 e. The number of likely N-dealkylation sites (N-methyl/N-ethyl adjacent to an activating group) is 1. The van der Waals surface area contributed by atoms with Crippen molar-refractivity contribution in [2.75, 3.05) is 23.8 Å². The molecular formula is C29H25F4N5O2. The molecule has 0 saturated heterocycles. The van der Waals surface area contributed by atoms with E-state index in [2.05, 4.69) is 10.6 Å². The number of hydrogen-bond acceptors (Lipinski definition) is 4. The average molecular weight is 552 g/mol. The zero-order chi connectivity index (χ0) is 28.6. The summed E-state index contributed by atoms with van der Waals surface area (Å²) in [5, 5.41) is 10.5. The predicted octanol–water partition coefficient (Wildman–Crippen LogP) is 5.37. The fraction of sp³-hybridized carbons (Fsp3) is 0.207. The van der Waals surface area contributed by atoms with Crippen LogP contribution in [0.15, 0.2) is 78.9 Å². The number of anilines is 2. The minimum absolute atomic E-state index is 0.222. The summed E-state index contributed by atoms with van der Waals surface area (Å²) in [6.07, 6.45) is -4.64. The summed E-state index contributed by atoms with van der Waals surface area (Å²) >= 11 is 0. The van der Waals surface area contributed by atoms with E-state index in [-0.39, 0.29) is 12.1 Å². The quantitative estimate of drug-likeness (QED) is 0.316. The Labute approximate surface area is 227 Å². The first-order valence-electron chi connectivity index (χ1n) is 12.5. The van der Waals surface area contributed by atoms with E-state index in [4.69, 9.17) is 5.10 Å². The number of carbonyl (C=O) groups excluding carboxylic acids is 2. The van der Waals surface area contributed by atoms with Crippen LogP contribution in [0.2, 0.25) is 0 Å². The number of benzene rings is 3. The van der Waals surface area contributed by atoms with Gasteiger partial charge in [-0.1, -0.05) is 36.4 Å². The van der Waals surface area contributed by atoms with Gasteiger partial charge in [0.05, 0.1) is 11.3 Å². The molecular weight excluding hydrogens is 526 g/mol. The van der Waals surface area contributed by atoms with Crippen molar-refractivity contribution in [3.63, 3.8) is 0 Å². The van der Waals surface area contributed by atoms with E-state index in [1.807, 2.05) is 30.3 Å². The average Bonchev–Trinajstić information content (AvgIpc) is 3.33. The van der Waals surface area contributed by atoms with Gasteiger partial charge in [0.25, 0.3) is 11.8 Å². The molecule has 206 valence electrons. The summed E-state index contributed by atoms with van der Waals surface area (Å²) in [5.74, 6) is -1.75. The lowest BCUT2D eigenvalue weighted by atomic mass is 9.81. The van der Waals surface area contributed by atoms with Crippen molar-refractivity contribution in [2.45, 2.75) is 25.1 Å². The lowest BCUT2D eigenvalue weighted by Crippen LogP contribution is -2.55. The molecule has 0 unspecified atom stereocenters. The van der Waals surface area contributed by atoms with Crippen molar-refractivity contribution in [3.8, 4) is 5.69 Å². The van der Waals surface area contributed by atoms with E-state index in [1.54, 1.807) is 18.7 Å². The summed E-state index contributed by atoms with van der Waals surface area (Å²) in [5.41, 5.74) is 0.558. The molecule has 0 spiro atoms. The van der Waals surface area contributed by atoms with E-state index in [0.29, 0.717) is 28.5 Å². The van der Waals surface area contributed by atoms with Crippen molar-refractivity contribution in [2.24, 2.45) is 0 Å². The molecule has 0 aliphatic carbocycles. The third-order valence-electron chi connectivity index (χ3n) is 6.85. The standard InChI is InChI=1S/C29H25F4N5O2/c1-3-37-27-23(25(34-2)36-38(27)21-10-5-4-6-11-21)22(17-12-14-20(30)15-13-17)24(28(37)40)35-26(39)18-8-7-9-19(16-18)29(31,32)33/h4-16,22,24H,3H2,1-2H3,(H,34,36)(H,35,39)/t22-,24-/m0/s1. The van der Waals surface area contributed by atoms with Gasteiger partial charge in [-0.25, -0.2) is 9.07 Å². The number of fused-ring (bicyclic) bond motifs is 1. The molecule has 40 heavy (non-hydrogen) atoms. The molecule has 4 aromatic rings. The number of nitrogens with zero attached hydrogens (tertiary/aromatic N) is 3. The van der Waals surface area contributed by atoms with Gasteiger partial charge >= 0.3 is 6.18 Å². The number of aromatic nitrogens is 2. The van der Waals surface area contributed by atoms with E-state index in [9.17, 15) is 27.2 Å². The Morgan fingerprint density at radius 2 is 1.70 bits per heavy atom. The van der Waals surface area contributed by atoms with Gasteiger partial charge in [0.1, 0.15) is 17.7 Å². The fourth-order valence-electron chi connectivity index (χ4n) is 5.02. The Bertz CT molecular complexity index is 1550. The Morgan fingerprint density at radius 1 is 1.00 bits per heavy atom. The van der Waals surface area contributed by atoms with Crippen molar-refractivity contribution < 1.29 is 27.2 Å². The second-order valence-electron chi connectivity index (χ2n) is 9.22. The normalized spacial score (nSPS) is 16.9. The Morgan fingerprint density at radius 3 is 2.33 bits per heavy atom. The van der Waals surface area contributed by atoms with Crippen LogP contribution in [-0.4, -0.2) is 41.2 Å². The van der Waals surface area contributed by atoms with Gasteiger partial charge in [-0.05, 0) is 55.0 Å². The first-order valence-corrected chi connectivity index (χ1v) is 12.5. The number of rotatable bonds is 6. The number of carbonyl (C=O) groups is 2. The van der Waals surface area contributed by atoms with Crippen LogP contribution >= 0.6 is 0 Å². The number of halogens is 4. The van der Waals surface area contributed by atoms with Crippen LogP contribution in [0.1, 0.15) is 39.9 Å². The summed E-state index contributed by atoms with van der Waals surface area (Å²) in [6, 6.07) is 17.5. The summed E-state index contributed by atoms with van der Waals surface area (Å²) in [7, 11) is 1.67. The van der Waals surface area contributed by atoms with Crippen LogP contribution in [0.3, 0.4) is 0 Å². The Kier molecular flexibility index (Phi) is 7.05. The molecule has 0 radical (unpaired) electrons. The number of alkyl halides is 3. The molecule has 1 aliphatic heterocycles. The molecule has 0 saturated carbocycles. The highest BCUT2D eigenvalue weighted by Crippen LogP contribution is 2.45. The molecule has 1 aliphatic rings. The number of hydrogen-bond donors (Lipinski definition) is 2. The third kappa shape index (κ3) is 4.78. The maximum Gasteiger partial charge on any atom is 0.416 e. The van der Waals surface area contributed by atoms with Crippen LogP contribution in [0, 0.1) is 5.82 Å². The van der Waals surface area contributed by atoms with Gasteiger partial charge in [0, 0.05) is 30.6 Å². The third-order valence-corrected chi connectivity index (χ3v) is 6.85. The van der Waals surface area contributed by atoms with Gasteiger partial charge in [-0.3, -0.25) is 14.5 Å². The largest absolute Gasteiger partial charge is 0.416 e. The zero-order valence-electron chi connectivity index (χ0n) is 21.5. The molecule has 5 rings (SSSR count).